The molecule has 0 N–H and O–H groups in total. The Balaban J connectivity index is 2.33. The molecule has 0 aromatic carbocycles. The van der Waals surface area contributed by atoms with Crippen LogP contribution in [-0.2, 0) is 0 Å². The van der Waals surface area contributed by atoms with Crippen molar-refractivity contribution in [3.8, 4) is 0 Å². The van der Waals surface area contributed by atoms with Gasteiger partial charge in [0.1, 0.15) is 0 Å². The predicted molar refractivity (Wildman–Crippen MR) is 66.6 cm³/mol. The molecule has 2 rings (SSSR count). The summed E-state index contributed by atoms with van der Waals surface area (Å²) in [7, 11) is 0. The summed E-state index contributed by atoms with van der Waals surface area (Å²) in [6, 6.07) is 0. The van der Waals surface area contributed by atoms with Crippen LogP contribution in [0.25, 0.3) is 0 Å². The maximum Gasteiger partial charge on any atom is -0.0133 e. The van der Waals surface area contributed by atoms with Gasteiger partial charge in [-0.25, -0.2) is 0 Å². The molecular formula is C15H18. The molecule has 2 aliphatic carbocycles. The van der Waals surface area contributed by atoms with Gasteiger partial charge in [-0.2, -0.15) is 0 Å². The summed E-state index contributed by atoms with van der Waals surface area (Å²) in [5.74, 6) is 0.638. The van der Waals surface area contributed by atoms with Crippen LogP contribution in [-0.4, -0.2) is 0 Å². The second-order valence-electron chi connectivity index (χ2n) is 4.52. The van der Waals surface area contributed by atoms with E-state index in [1.165, 1.54) is 22.3 Å². The zero-order chi connectivity index (χ0) is 10.8. The van der Waals surface area contributed by atoms with Crippen LogP contribution in [0.1, 0.15) is 26.7 Å². The number of hydrogen-bond acceptors (Lipinski definition) is 0. The largest absolute Gasteiger partial charge is 0.0998 e. The maximum absolute atomic E-state index is 4.08. The summed E-state index contributed by atoms with van der Waals surface area (Å²) in [6.07, 6.45) is 13.3. The number of rotatable bonds is 1. The fourth-order valence-corrected chi connectivity index (χ4v) is 2.23. The van der Waals surface area contributed by atoms with Gasteiger partial charge < -0.3 is 0 Å². The summed E-state index contributed by atoms with van der Waals surface area (Å²) in [5, 5.41) is 0. The zero-order valence-electron chi connectivity index (χ0n) is 9.59. The van der Waals surface area contributed by atoms with Gasteiger partial charge in [-0.3, -0.25) is 0 Å². The first-order valence-electron chi connectivity index (χ1n) is 5.59. The second kappa shape index (κ2) is 4.06. The monoisotopic (exact) mass is 198 g/mol. The molecule has 0 amide bonds. The molecule has 0 spiro atoms. The van der Waals surface area contributed by atoms with Crippen LogP contribution in [0.5, 0.6) is 0 Å². The zero-order valence-corrected chi connectivity index (χ0v) is 9.59. The molecule has 1 atom stereocenters. The molecule has 78 valence electrons. The summed E-state index contributed by atoms with van der Waals surface area (Å²) in [6.45, 7) is 8.44. The molecule has 0 saturated heterocycles. The van der Waals surface area contributed by atoms with Crippen LogP contribution in [0, 0.1) is 5.92 Å². The lowest BCUT2D eigenvalue weighted by Crippen LogP contribution is -2.09. The van der Waals surface area contributed by atoms with Crippen molar-refractivity contribution in [3.63, 3.8) is 0 Å². The molecule has 0 saturated carbocycles. The Morgan fingerprint density at radius 2 is 2.00 bits per heavy atom. The molecule has 0 aliphatic heterocycles. The van der Waals surface area contributed by atoms with Gasteiger partial charge in [0.05, 0.1) is 0 Å². The lowest BCUT2D eigenvalue weighted by molar-refractivity contribution is 0.599. The van der Waals surface area contributed by atoms with E-state index in [-0.39, 0.29) is 0 Å². The third-order valence-corrected chi connectivity index (χ3v) is 3.34. The van der Waals surface area contributed by atoms with E-state index in [4.69, 9.17) is 0 Å². The van der Waals surface area contributed by atoms with Crippen molar-refractivity contribution in [2.75, 3.05) is 0 Å². The summed E-state index contributed by atoms with van der Waals surface area (Å²) < 4.78 is 0. The lowest BCUT2D eigenvalue weighted by atomic mass is 9.81. The molecule has 1 unspecified atom stereocenters. The average Bonchev–Trinajstić information content (AvgIpc) is 2.71. The Bertz CT molecular complexity index is 386. The van der Waals surface area contributed by atoms with Gasteiger partial charge in [-0.1, -0.05) is 48.1 Å². The SMILES string of the molecule is C=C(C)C1CC=C(C)C(=C2C=CC=C2)C1. The molecule has 0 nitrogen and oxygen atoms in total. The lowest BCUT2D eigenvalue weighted by Gasteiger charge is -2.24. The Labute approximate surface area is 92.4 Å². The smallest absolute Gasteiger partial charge is 0.0133 e. The van der Waals surface area contributed by atoms with Gasteiger partial charge in [-0.15, -0.1) is 0 Å². The van der Waals surface area contributed by atoms with E-state index < -0.39 is 0 Å². The minimum Gasteiger partial charge on any atom is -0.0998 e. The van der Waals surface area contributed by atoms with E-state index in [9.17, 15) is 0 Å². The van der Waals surface area contributed by atoms with Crippen LogP contribution in [0.4, 0.5) is 0 Å². The molecule has 2 aliphatic rings. The van der Waals surface area contributed by atoms with E-state index in [0.29, 0.717) is 5.92 Å². The molecule has 15 heavy (non-hydrogen) atoms. The van der Waals surface area contributed by atoms with Gasteiger partial charge in [0, 0.05) is 0 Å². The van der Waals surface area contributed by atoms with Gasteiger partial charge in [-0.05, 0) is 43.8 Å². The normalized spacial score (nSPS) is 24.7. The molecule has 0 heteroatoms. The molecule has 0 bridgehead atoms. The molecule has 0 aromatic rings. The van der Waals surface area contributed by atoms with Gasteiger partial charge in [0.25, 0.3) is 0 Å². The Morgan fingerprint density at radius 1 is 1.33 bits per heavy atom. The molecular weight excluding hydrogens is 180 g/mol. The van der Waals surface area contributed by atoms with E-state index in [2.05, 4.69) is 50.8 Å². The fraction of sp³-hybridized carbons (Fsp3) is 0.333. The molecule has 0 fully saturated rings. The summed E-state index contributed by atoms with van der Waals surface area (Å²) in [4.78, 5) is 0. The number of allylic oxidation sites excluding steroid dienone is 9. The molecule has 0 radical (unpaired) electrons. The first-order valence-corrected chi connectivity index (χ1v) is 5.59. The topological polar surface area (TPSA) is 0 Å². The van der Waals surface area contributed by atoms with Crippen molar-refractivity contribution in [2.24, 2.45) is 5.92 Å². The standard InChI is InChI=1S/C15H18/c1-11(2)14-9-8-12(3)15(10-14)13-6-4-5-7-13/h4-8,14H,1,9-10H2,2-3H3. The van der Waals surface area contributed by atoms with Crippen LogP contribution in [0.15, 0.2) is 59.3 Å². The van der Waals surface area contributed by atoms with Gasteiger partial charge in [0.2, 0.25) is 0 Å². The fourth-order valence-electron chi connectivity index (χ4n) is 2.23. The van der Waals surface area contributed by atoms with Gasteiger partial charge in [0.15, 0.2) is 0 Å². The van der Waals surface area contributed by atoms with Crippen LogP contribution in [0.3, 0.4) is 0 Å². The van der Waals surface area contributed by atoms with Crippen molar-refractivity contribution in [1.29, 1.82) is 0 Å². The van der Waals surface area contributed by atoms with Crippen LogP contribution >= 0.6 is 0 Å². The van der Waals surface area contributed by atoms with Crippen molar-refractivity contribution >= 4 is 0 Å². The highest BCUT2D eigenvalue weighted by Crippen LogP contribution is 2.35. The Kier molecular flexibility index (Phi) is 2.77. The summed E-state index contributed by atoms with van der Waals surface area (Å²) >= 11 is 0. The number of hydrogen-bond donors (Lipinski definition) is 0. The quantitative estimate of drug-likeness (QED) is 0.550. The first kappa shape index (κ1) is 10.2. The molecule has 0 heterocycles. The van der Waals surface area contributed by atoms with Crippen molar-refractivity contribution in [1.82, 2.24) is 0 Å². The third kappa shape index (κ3) is 2.04. The summed E-state index contributed by atoms with van der Waals surface area (Å²) in [5.41, 5.74) is 5.63. The highest BCUT2D eigenvalue weighted by molar-refractivity contribution is 5.51. The average molecular weight is 198 g/mol. The second-order valence-corrected chi connectivity index (χ2v) is 4.52. The Hall–Kier alpha value is -1.30. The highest BCUT2D eigenvalue weighted by atomic mass is 14.2. The van der Waals surface area contributed by atoms with Crippen molar-refractivity contribution in [2.45, 2.75) is 26.7 Å². The van der Waals surface area contributed by atoms with Crippen LogP contribution in [0.2, 0.25) is 0 Å². The van der Waals surface area contributed by atoms with Gasteiger partial charge >= 0.3 is 0 Å². The Morgan fingerprint density at radius 3 is 2.60 bits per heavy atom. The minimum absolute atomic E-state index is 0.638. The molecule has 0 aromatic heterocycles. The van der Waals surface area contributed by atoms with E-state index >= 15 is 0 Å². The van der Waals surface area contributed by atoms with Crippen LogP contribution < -0.4 is 0 Å². The maximum atomic E-state index is 4.08. The minimum atomic E-state index is 0.638. The first-order chi connectivity index (χ1) is 7.18. The highest BCUT2D eigenvalue weighted by Gasteiger charge is 2.19. The van der Waals surface area contributed by atoms with Crippen molar-refractivity contribution in [3.05, 3.63) is 59.3 Å². The van der Waals surface area contributed by atoms with E-state index in [1.807, 2.05) is 0 Å². The third-order valence-electron chi connectivity index (χ3n) is 3.34. The van der Waals surface area contributed by atoms with E-state index in [1.54, 1.807) is 0 Å². The van der Waals surface area contributed by atoms with E-state index in [0.717, 1.165) is 12.8 Å². The predicted octanol–water partition coefficient (Wildman–Crippen LogP) is 4.34. The van der Waals surface area contributed by atoms with Crippen molar-refractivity contribution < 1.29 is 0 Å².